The summed E-state index contributed by atoms with van der Waals surface area (Å²) < 4.78 is 0. The Hall–Kier alpha value is -0.560. The maximum absolute atomic E-state index is 3.64. The van der Waals surface area contributed by atoms with E-state index in [1.807, 2.05) is 12.2 Å². The van der Waals surface area contributed by atoms with E-state index >= 15 is 0 Å². The Kier molecular flexibility index (Phi) is 4.77. The molecule has 0 aromatic rings. The van der Waals surface area contributed by atoms with Crippen LogP contribution in [0.3, 0.4) is 0 Å². The van der Waals surface area contributed by atoms with Gasteiger partial charge in [-0.05, 0) is 32.4 Å². The van der Waals surface area contributed by atoms with Crippen molar-refractivity contribution >= 4 is 0 Å². The van der Waals surface area contributed by atoms with Crippen molar-refractivity contribution < 1.29 is 0 Å². The van der Waals surface area contributed by atoms with E-state index in [0.29, 0.717) is 0 Å². The molecule has 1 nitrogen and oxygen atoms in total. The Morgan fingerprint density at radius 2 is 1.92 bits per heavy atom. The average Bonchev–Trinajstić information content (AvgIpc) is 2.14. The molecule has 1 aliphatic heterocycles. The summed E-state index contributed by atoms with van der Waals surface area (Å²) in [7, 11) is 0. The van der Waals surface area contributed by atoms with Gasteiger partial charge in [-0.1, -0.05) is 31.2 Å². The highest BCUT2D eigenvalue weighted by atomic mass is 15.1. The van der Waals surface area contributed by atoms with Crippen LogP contribution in [-0.4, -0.2) is 24.5 Å². The number of likely N-dealkylation sites (tertiary alicyclic amines) is 1. The van der Waals surface area contributed by atoms with Crippen LogP contribution in [0.5, 0.6) is 0 Å². The highest BCUT2D eigenvalue weighted by Gasteiger charge is 2.07. The quantitative estimate of drug-likeness (QED) is 0.579. The Morgan fingerprint density at radius 3 is 2.58 bits per heavy atom. The molecule has 1 rings (SSSR count). The fourth-order valence-corrected chi connectivity index (χ4v) is 1.63. The Balaban J connectivity index is 2.05. The number of allylic oxidation sites excluding steroid dienone is 2. The van der Waals surface area contributed by atoms with Crippen LogP contribution in [0.4, 0.5) is 0 Å². The van der Waals surface area contributed by atoms with Crippen LogP contribution in [-0.2, 0) is 0 Å². The lowest BCUT2D eigenvalue weighted by Crippen LogP contribution is -2.30. The molecule has 68 valence electrons. The second-order valence-corrected chi connectivity index (χ2v) is 3.35. The first-order chi connectivity index (χ1) is 5.93. The van der Waals surface area contributed by atoms with Gasteiger partial charge in [0.1, 0.15) is 0 Å². The normalized spacial score (nSPS) is 20.0. The van der Waals surface area contributed by atoms with E-state index in [4.69, 9.17) is 0 Å². The van der Waals surface area contributed by atoms with Crippen molar-refractivity contribution in [3.8, 4) is 0 Å². The fourth-order valence-electron chi connectivity index (χ4n) is 1.63. The van der Waals surface area contributed by atoms with Crippen LogP contribution >= 0.6 is 0 Å². The molecule has 0 aromatic carbocycles. The lowest BCUT2D eigenvalue weighted by Gasteiger charge is -2.25. The van der Waals surface area contributed by atoms with Crippen LogP contribution in [0.25, 0.3) is 0 Å². The van der Waals surface area contributed by atoms with Gasteiger partial charge in [0.2, 0.25) is 0 Å². The number of rotatable bonds is 4. The summed E-state index contributed by atoms with van der Waals surface area (Å²) in [5.41, 5.74) is 0. The summed E-state index contributed by atoms with van der Waals surface area (Å²) in [5, 5.41) is 0. The summed E-state index contributed by atoms with van der Waals surface area (Å²) in [4.78, 5) is 2.55. The highest BCUT2D eigenvalue weighted by Crippen LogP contribution is 2.08. The zero-order valence-electron chi connectivity index (χ0n) is 7.84. The van der Waals surface area contributed by atoms with Gasteiger partial charge in [-0.3, -0.25) is 0 Å². The molecule has 0 spiro atoms. The maximum Gasteiger partial charge on any atom is 0.00160 e. The molecule has 1 heteroatoms. The van der Waals surface area contributed by atoms with Crippen molar-refractivity contribution in [2.24, 2.45) is 0 Å². The van der Waals surface area contributed by atoms with Crippen LogP contribution in [0.1, 0.15) is 25.7 Å². The minimum absolute atomic E-state index is 1.17. The molecule has 12 heavy (non-hydrogen) atoms. The van der Waals surface area contributed by atoms with E-state index in [9.17, 15) is 0 Å². The molecule has 1 fully saturated rings. The minimum Gasteiger partial charge on any atom is -0.303 e. The van der Waals surface area contributed by atoms with Crippen molar-refractivity contribution in [1.82, 2.24) is 4.90 Å². The third-order valence-corrected chi connectivity index (χ3v) is 2.33. The fraction of sp³-hybridized carbons (Fsp3) is 0.636. The van der Waals surface area contributed by atoms with Gasteiger partial charge in [0.05, 0.1) is 0 Å². The Bertz CT molecular complexity index is 143. The largest absolute Gasteiger partial charge is 0.303 e. The highest BCUT2D eigenvalue weighted by molar-refractivity contribution is 4.97. The van der Waals surface area contributed by atoms with Gasteiger partial charge in [0.25, 0.3) is 0 Å². The van der Waals surface area contributed by atoms with Gasteiger partial charge in [0, 0.05) is 6.54 Å². The van der Waals surface area contributed by atoms with E-state index in [-0.39, 0.29) is 0 Å². The molecule has 0 unspecified atom stereocenters. The smallest absolute Gasteiger partial charge is 0.00160 e. The van der Waals surface area contributed by atoms with Gasteiger partial charge >= 0.3 is 0 Å². The summed E-state index contributed by atoms with van der Waals surface area (Å²) in [6.45, 7) is 7.49. The maximum atomic E-state index is 3.64. The molecule has 0 aromatic heterocycles. The summed E-state index contributed by atoms with van der Waals surface area (Å²) >= 11 is 0. The van der Waals surface area contributed by atoms with Crippen LogP contribution < -0.4 is 0 Å². The molecule has 1 aliphatic rings. The van der Waals surface area contributed by atoms with E-state index in [1.165, 1.54) is 45.3 Å². The number of piperidine rings is 1. The van der Waals surface area contributed by atoms with Crippen molar-refractivity contribution in [2.75, 3.05) is 19.6 Å². The number of hydrogen-bond acceptors (Lipinski definition) is 1. The second kappa shape index (κ2) is 6.01. The lowest BCUT2D eigenvalue weighted by molar-refractivity contribution is 0.233. The van der Waals surface area contributed by atoms with Crippen molar-refractivity contribution in [3.05, 3.63) is 24.8 Å². The predicted molar refractivity (Wildman–Crippen MR) is 54.2 cm³/mol. The first-order valence-electron chi connectivity index (χ1n) is 4.93. The van der Waals surface area contributed by atoms with E-state index in [0.717, 1.165) is 0 Å². The second-order valence-electron chi connectivity index (χ2n) is 3.35. The Morgan fingerprint density at radius 1 is 1.17 bits per heavy atom. The summed E-state index contributed by atoms with van der Waals surface area (Å²) in [5.74, 6) is 0. The molecule has 0 bridgehead atoms. The predicted octanol–water partition coefficient (Wildman–Crippen LogP) is 2.60. The van der Waals surface area contributed by atoms with Crippen molar-refractivity contribution in [2.45, 2.75) is 25.7 Å². The number of hydrogen-bond donors (Lipinski definition) is 0. The monoisotopic (exact) mass is 165 g/mol. The molecule has 0 atom stereocenters. The van der Waals surface area contributed by atoms with Gasteiger partial charge < -0.3 is 4.90 Å². The van der Waals surface area contributed by atoms with Gasteiger partial charge in [-0.2, -0.15) is 0 Å². The van der Waals surface area contributed by atoms with Gasteiger partial charge in [-0.15, -0.1) is 0 Å². The molecule has 0 saturated carbocycles. The Labute approximate surface area is 75.8 Å². The zero-order valence-corrected chi connectivity index (χ0v) is 7.84. The minimum atomic E-state index is 1.17. The van der Waals surface area contributed by atoms with E-state index in [1.54, 1.807) is 0 Å². The molecule has 0 amide bonds. The van der Waals surface area contributed by atoms with Gasteiger partial charge in [-0.25, -0.2) is 0 Å². The first-order valence-corrected chi connectivity index (χ1v) is 4.93. The molecule has 0 N–H and O–H groups in total. The molecule has 0 radical (unpaired) electrons. The number of nitrogens with zero attached hydrogens (tertiary/aromatic N) is 1. The third-order valence-electron chi connectivity index (χ3n) is 2.33. The van der Waals surface area contributed by atoms with E-state index < -0.39 is 0 Å². The SMILES string of the molecule is C=CC=CCCN1CCCCC1. The molecular weight excluding hydrogens is 146 g/mol. The lowest BCUT2D eigenvalue weighted by atomic mass is 10.1. The molecule has 1 heterocycles. The zero-order chi connectivity index (χ0) is 8.65. The van der Waals surface area contributed by atoms with Crippen LogP contribution in [0.15, 0.2) is 24.8 Å². The van der Waals surface area contributed by atoms with E-state index in [2.05, 4.69) is 17.6 Å². The molecule has 0 aliphatic carbocycles. The summed E-state index contributed by atoms with van der Waals surface area (Å²) in [6.07, 6.45) is 11.5. The average molecular weight is 165 g/mol. The third kappa shape index (κ3) is 3.72. The van der Waals surface area contributed by atoms with Crippen molar-refractivity contribution in [1.29, 1.82) is 0 Å². The molecular formula is C11H19N. The van der Waals surface area contributed by atoms with Crippen LogP contribution in [0, 0.1) is 0 Å². The topological polar surface area (TPSA) is 3.24 Å². The first kappa shape index (κ1) is 9.53. The van der Waals surface area contributed by atoms with Gasteiger partial charge in [0.15, 0.2) is 0 Å². The standard InChI is InChI=1S/C11H19N/c1-2-3-4-6-9-12-10-7-5-8-11-12/h2-4H,1,5-11H2. The summed E-state index contributed by atoms with van der Waals surface area (Å²) in [6, 6.07) is 0. The van der Waals surface area contributed by atoms with Crippen molar-refractivity contribution in [3.63, 3.8) is 0 Å². The van der Waals surface area contributed by atoms with Crippen LogP contribution in [0.2, 0.25) is 0 Å². The molecule has 1 saturated heterocycles.